The van der Waals surface area contributed by atoms with E-state index in [4.69, 9.17) is 9.73 Å². The molecule has 0 N–H and O–H groups in total. The van der Waals surface area contributed by atoms with E-state index in [1.807, 2.05) is 74.5 Å². The molecule has 30 heavy (non-hydrogen) atoms. The van der Waals surface area contributed by atoms with Crippen LogP contribution in [0.2, 0.25) is 0 Å². The molecule has 3 aromatic rings. The van der Waals surface area contributed by atoms with Crippen molar-refractivity contribution in [3.63, 3.8) is 0 Å². The van der Waals surface area contributed by atoms with Crippen molar-refractivity contribution in [3.8, 4) is 0 Å². The van der Waals surface area contributed by atoms with Crippen LogP contribution in [0.1, 0.15) is 36.6 Å². The van der Waals surface area contributed by atoms with Crippen molar-refractivity contribution in [2.75, 3.05) is 6.61 Å². The number of carbonyl (C=O) groups is 1. The summed E-state index contributed by atoms with van der Waals surface area (Å²) in [6, 6.07) is 23.8. The van der Waals surface area contributed by atoms with Crippen molar-refractivity contribution in [1.82, 2.24) is 9.88 Å². The maximum Gasteiger partial charge on any atom is 0.336 e. The van der Waals surface area contributed by atoms with Crippen LogP contribution in [-0.2, 0) is 16.1 Å². The minimum Gasteiger partial charge on any atom is -0.464 e. The van der Waals surface area contributed by atoms with Crippen LogP contribution in [-0.4, -0.2) is 33.8 Å². The Morgan fingerprint density at radius 2 is 1.63 bits per heavy atom. The van der Waals surface area contributed by atoms with Crippen molar-refractivity contribution in [2.45, 2.75) is 32.0 Å². The maximum atomic E-state index is 13.2. The molecular weight excluding hydrogens is 374 g/mol. The van der Waals surface area contributed by atoms with Gasteiger partial charge >= 0.3 is 5.97 Å². The Morgan fingerprint density at radius 1 is 1.00 bits per heavy atom. The van der Waals surface area contributed by atoms with Crippen LogP contribution in [0.4, 0.5) is 0 Å². The highest BCUT2D eigenvalue weighted by Gasteiger charge is 2.52. The number of aromatic nitrogens is 1. The quantitative estimate of drug-likeness (QED) is 0.576. The van der Waals surface area contributed by atoms with Gasteiger partial charge in [-0.05, 0) is 37.1 Å². The summed E-state index contributed by atoms with van der Waals surface area (Å²) in [5.41, 5.74) is 2.03. The Kier molecular flexibility index (Phi) is 5.61. The minimum atomic E-state index is -1.07. The first-order valence-corrected chi connectivity index (χ1v) is 10.2. The normalized spacial score (nSPS) is 20.7. The number of amidine groups is 1. The molecule has 0 saturated carbocycles. The van der Waals surface area contributed by atoms with Gasteiger partial charge in [0.05, 0.1) is 12.6 Å². The van der Waals surface area contributed by atoms with E-state index in [9.17, 15) is 4.79 Å². The number of hydrogen-bond donors (Lipinski definition) is 0. The third kappa shape index (κ3) is 3.71. The van der Waals surface area contributed by atoms with Gasteiger partial charge in [0.15, 0.2) is 5.54 Å². The molecular formula is C25H25N3O2. The fourth-order valence-electron chi connectivity index (χ4n) is 4.02. The zero-order chi connectivity index (χ0) is 21.0. The molecule has 0 saturated heterocycles. The van der Waals surface area contributed by atoms with Crippen LogP contribution in [0.25, 0.3) is 0 Å². The lowest BCUT2D eigenvalue weighted by molar-refractivity contribution is -0.150. The zero-order valence-electron chi connectivity index (χ0n) is 17.2. The first-order chi connectivity index (χ1) is 14.6. The molecule has 0 bridgehead atoms. The topological polar surface area (TPSA) is 54.8 Å². The minimum absolute atomic E-state index is 0.310. The molecule has 5 nitrogen and oxygen atoms in total. The molecule has 1 aliphatic heterocycles. The number of pyridine rings is 1. The summed E-state index contributed by atoms with van der Waals surface area (Å²) < 4.78 is 5.47. The maximum absolute atomic E-state index is 13.2. The number of aliphatic imine (C=N–C) groups is 1. The van der Waals surface area contributed by atoms with Gasteiger partial charge in [0.2, 0.25) is 0 Å². The molecule has 0 fully saturated rings. The molecule has 0 aliphatic carbocycles. The largest absolute Gasteiger partial charge is 0.464 e. The number of nitrogens with zero attached hydrogens (tertiary/aromatic N) is 3. The molecule has 0 unspecified atom stereocenters. The van der Waals surface area contributed by atoms with E-state index >= 15 is 0 Å². The van der Waals surface area contributed by atoms with Crippen molar-refractivity contribution >= 4 is 11.8 Å². The summed E-state index contributed by atoms with van der Waals surface area (Å²) >= 11 is 0. The van der Waals surface area contributed by atoms with Crippen LogP contribution in [0.3, 0.4) is 0 Å². The Morgan fingerprint density at radius 3 is 2.27 bits per heavy atom. The number of rotatable bonds is 6. The fourth-order valence-corrected chi connectivity index (χ4v) is 4.02. The van der Waals surface area contributed by atoms with E-state index in [0.29, 0.717) is 13.2 Å². The van der Waals surface area contributed by atoms with E-state index in [-0.39, 0.29) is 12.0 Å². The van der Waals surface area contributed by atoms with Gasteiger partial charge in [-0.15, -0.1) is 0 Å². The molecule has 4 rings (SSSR count). The van der Waals surface area contributed by atoms with Crippen molar-refractivity contribution in [3.05, 3.63) is 102 Å². The van der Waals surface area contributed by atoms with E-state index in [1.54, 1.807) is 12.4 Å². The van der Waals surface area contributed by atoms with Gasteiger partial charge in [-0.2, -0.15) is 0 Å². The van der Waals surface area contributed by atoms with Crippen LogP contribution in [0, 0.1) is 0 Å². The summed E-state index contributed by atoms with van der Waals surface area (Å²) in [4.78, 5) is 24.5. The van der Waals surface area contributed by atoms with Gasteiger partial charge in [-0.1, -0.05) is 60.7 Å². The molecule has 1 aromatic heterocycles. The van der Waals surface area contributed by atoms with E-state index < -0.39 is 5.54 Å². The molecule has 152 valence electrons. The van der Waals surface area contributed by atoms with Crippen molar-refractivity contribution in [2.24, 2.45) is 4.99 Å². The summed E-state index contributed by atoms with van der Waals surface area (Å²) in [5.74, 6) is 0.465. The third-order valence-electron chi connectivity index (χ3n) is 5.39. The molecule has 0 radical (unpaired) electrons. The first kappa shape index (κ1) is 19.8. The van der Waals surface area contributed by atoms with E-state index in [0.717, 1.165) is 22.5 Å². The van der Waals surface area contributed by atoms with Crippen molar-refractivity contribution in [1.29, 1.82) is 0 Å². The second-order valence-corrected chi connectivity index (χ2v) is 7.47. The molecule has 2 aromatic carbocycles. The van der Waals surface area contributed by atoms with Gasteiger partial charge in [-0.25, -0.2) is 9.79 Å². The molecule has 2 atom stereocenters. The van der Waals surface area contributed by atoms with Crippen LogP contribution >= 0.6 is 0 Å². The second-order valence-electron chi connectivity index (χ2n) is 7.47. The smallest absolute Gasteiger partial charge is 0.336 e. The predicted octanol–water partition coefficient (Wildman–Crippen LogP) is 4.41. The standard InChI is InChI=1S/C25H25N3O2/c1-3-30-24(29)25(2)22(20-14-16-26-17-15-20)28(18-19-10-6-4-7-11-19)23(27-25)21-12-8-5-9-13-21/h4-17,22H,3,18H2,1-2H3/t22-,25-/m1/s1. The highest BCUT2D eigenvalue weighted by Crippen LogP contribution is 2.43. The monoisotopic (exact) mass is 399 g/mol. The number of carbonyl (C=O) groups excluding carboxylic acids is 1. The summed E-state index contributed by atoms with van der Waals surface area (Å²) in [6.45, 7) is 4.62. The molecule has 0 spiro atoms. The van der Waals surface area contributed by atoms with Gasteiger partial charge in [0, 0.05) is 24.5 Å². The molecule has 1 aliphatic rings. The van der Waals surface area contributed by atoms with Gasteiger partial charge in [0.25, 0.3) is 0 Å². The van der Waals surface area contributed by atoms with Crippen LogP contribution in [0.15, 0.2) is 90.2 Å². The molecule has 0 amide bonds. The SMILES string of the molecule is CCOC(=O)[C@]1(C)N=C(c2ccccc2)N(Cc2ccccc2)[C@@H]1c1ccncc1. The van der Waals surface area contributed by atoms with Crippen LogP contribution in [0.5, 0.6) is 0 Å². The molecule has 5 heteroatoms. The lowest BCUT2D eigenvalue weighted by Gasteiger charge is -2.34. The van der Waals surface area contributed by atoms with Crippen LogP contribution < -0.4 is 0 Å². The lowest BCUT2D eigenvalue weighted by atomic mass is 9.87. The number of hydrogen-bond acceptors (Lipinski definition) is 5. The summed E-state index contributed by atoms with van der Waals surface area (Å²) in [5, 5.41) is 0. The number of esters is 1. The van der Waals surface area contributed by atoms with Gasteiger partial charge in [0.1, 0.15) is 5.84 Å². The average Bonchev–Trinajstić information content (AvgIpc) is 3.09. The molecule has 2 heterocycles. The Bertz CT molecular complexity index is 1020. The Hall–Kier alpha value is -3.47. The fraction of sp³-hybridized carbons (Fsp3) is 0.240. The summed E-state index contributed by atoms with van der Waals surface area (Å²) in [6.07, 6.45) is 3.50. The predicted molar refractivity (Wildman–Crippen MR) is 117 cm³/mol. The second kappa shape index (κ2) is 8.49. The van der Waals surface area contributed by atoms with Crippen molar-refractivity contribution < 1.29 is 9.53 Å². The Labute approximate surface area is 177 Å². The highest BCUT2D eigenvalue weighted by atomic mass is 16.5. The summed E-state index contributed by atoms with van der Waals surface area (Å²) in [7, 11) is 0. The van der Waals surface area contributed by atoms with E-state index in [1.165, 1.54) is 0 Å². The van der Waals surface area contributed by atoms with E-state index in [2.05, 4.69) is 22.0 Å². The van der Waals surface area contributed by atoms with Gasteiger partial charge in [-0.3, -0.25) is 4.98 Å². The third-order valence-corrected chi connectivity index (χ3v) is 5.39. The Balaban J connectivity index is 1.87. The zero-order valence-corrected chi connectivity index (χ0v) is 17.2. The number of benzene rings is 2. The lowest BCUT2D eigenvalue weighted by Crippen LogP contribution is -2.44. The average molecular weight is 399 g/mol. The van der Waals surface area contributed by atoms with Gasteiger partial charge < -0.3 is 9.64 Å². The highest BCUT2D eigenvalue weighted by molar-refractivity contribution is 6.04. The number of ether oxygens (including phenoxy) is 1. The first-order valence-electron chi connectivity index (χ1n) is 10.2.